The molecule has 160 valence electrons. The van der Waals surface area contributed by atoms with Gasteiger partial charge in [0.25, 0.3) is 5.91 Å². The lowest BCUT2D eigenvalue weighted by molar-refractivity contribution is -0.135. The van der Waals surface area contributed by atoms with E-state index in [1.54, 1.807) is 0 Å². The minimum atomic E-state index is 0.0899. The first-order valence-electron chi connectivity index (χ1n) is 11.2. The Morgan fingerprint density at radius 1 is 0.897 bits per heavy atom. The summed E-state index contributed by atoms with van der Waals surface area (Å²) in [5.41, 5.74) is 0. The highest BCUT2D eigenvalue weighted by Gasteiger charge is 2.28. The predicted octanol–water partition coefficient (Wildman–Crippen LogP) is 2.85. The Labute approximate surface area is 177 Å². The van der Waals surface area contributed by atoms with Gasteiger partial charge < -0.3 is 14.5 Å². The van der Waals surface area contributed by atoms with Gasteiger partial charge in [-0.15, -0.1) is 11.3 Å². The molecule has 1 aliphatic carbocycles. The molecule has 3 fully saturated rings. The minimum absolute atomic E-state index is 0.0899. The topological polar surface area (TPSA) is 53.1 Å². The third-order valence-corrected chi connectivity index (χ3v) is 7.34. The zero-order chi connectivity index (χ0) is 20.1. The molecule has 0 bridgehead atoms. The Morgan fingerprint density at radius 3 is 2.21 bits per heavy atom. The number of carbonyl (C=O) groups is 2. The van der Waals surface area contributed by atoms with Crippen molar-refractivity contribution < 1.29 is 14.3 Å². The monoisotopic (exact) mass is 419 g/mol. The van der Waals surface area contributed by atoms with Gasteiger partial charge in [0.15, 0.2) is 0 Å². The second-order valence-electron chi connectivity index (χ2n) is 8.52. The van der Waals surface area contributed by atoms with E-state index >= 15 is 0 Å². The summed E-state index contributed by atoms with van der Waals surface area (Å²) in [6.07, 6.45) is 9.33. The number of thiophene rings is 1. The average molecular weight is 420 g/mol. The first-order chi connectivity index (χ1) is 14.2. The second kappa shape index (κ2) is 10.0. The third-order valence-electron chi connectivity index (χ3n) is 6.48. The number of piperazine rings is 1. The van der Waals surface area contributed by atoms with E-state index in [1.165, 1.54) is 43.4 Å². The number of carbonyl (C=O) groups excluding carboxylic acids is 2. The molecule has 2 saturated heterocycles. The zero-order valence-corrected chi connectivity index (χ0v) is 18.1. The number of rotatable bonds is 5. The number of amides is 2. The number of hydrogen-bond acceptors (Lipinski definition) is 5. The van der Waals surface area contributed by atoms with Gasteiger partial charge in [0.05, 0.1) is 23.6 Å². The first-order valence-corrected chi connectivity index (χ1v) is 12.1. The fraction of sp³-hybridized carbons (Fsp3) is 0.727. The second-order valence-corrected chi connectivity index (χ2v) is 9.47. The quantitative estimate of drug-likeness (QED) is 0.737. The van der Waals surface area contributed by atoms with Crippen LogP contribution in [0.15, 0.2) is 17.5 Å². The maximum atomic E-state index is 12.7. The largest absolute Gasteiger partial charge is 0.375 e. The lowest BCUT2D eigenvalue weighted by Crippen LogP contribution is -2.53. The molecule has 0 unspecified atom stereocenters. The van der Waals surface area contributed by atoms with Crippen molar-refractivity contribution in [2.45, 2.75) is 57.2 Å². The molecule has 1 aromatic heterocycles. The van der Waals surface area contributed by atoms with Crippen molar-refractivity contribution in [2.75, 3.05) is 45.8 Å². The SMILES string of the molecule is O=C(CN1CCC(OC2CCCCC2)CC1)N1CCN(C(=O)c2cccs2)CC1. The highest BCUT2D eigenvalue weighted by atomic mass is 32.1. The Bertz CT molecular complexity index is 659. The van der Waals surface area contributed by atoms with E-state index in [0.29, 0.717) is 44.9 Å². The number of ether oxygens (including phenoxy) is 1. The molecule has 7 heteroatoms. The van der Waals surface area contributed by atoms with Gasteiger partial charge in [-0.25, -0.2) is 0 Å². The van der Waals surface area contributed by atoms with E-state index in [1.807, 2.05) is 27.3 Å². The number of likely N-dealkylation sites (tertiary alicyclic amines) is 1. The minimum Gasteiger partial charge on any atom is -0.375 e. The molecule has 6 nitrogen and oxygen atoms in total. The summed E-state index contributed by atoms with van der Waals surface area (Å²) in [5, 5.41) is 1.93. The summed E-state index contributed by atoms with van der Waals surface area (Å²) in [7, 11) is 0. The number of hydrogen-bond donors (Lipinski definition) is 0. The molecule has 0 aromatic carbocycles. The average Bonchev–Trinajstić information content (AvgIpc) is 3.30. The molecule has 2 aliphatic heterocycles. The van der Waals surface area contributed by atoms with Crippen LogP contribution in [0.25, 0.3) is 0 Å². The van der Waals surface area contributed by atoms with E-state index in [4.69, 9.17) is 4.74 Å². The van der Waals surface area contributed by atoms with Crippen LogP contribution >= 0.6 is 11.3 Å². The van der Waals surface area contributed by atoms with Gasteiger partial charge in [0, 0.05) is 39.3 Å². The predicted molar refractivity (Wildman–Crippen MR) is 114 cm³/mol. The van der Waals surface area contributed by atoms with E-state index < -0.39 is 0 Å². The van der Waals surface area contributed by atoms with Gasteiger partial charge in [0.2, 0.25) is 5.91 Å². The maximum Gasteiger partial charge on any atom is 0.264 e. The molecule has 29 heavy (non-hydrogen) atoms. The Morgan fingerprint density at radius 2 is 1.55 bits per heavy atom. The van der Waals surface area contributed by atoms with Crippen molar-refractivity contribution in [1.29, 1.82) is 0 Å². The van der Waals surface area contributed by atoms with Gasteiger partial charge >= 0.3 is 0 Å². The van der Waals surface area contributed by atoms with Crippen LogP contribution < -0.4 is 0 Å². The summed E-state index contributed by atoms with van der Waals surface area (Å²) < 4.78 is 6.31. The van der Waals surface area contributed by atoms with Crippen LogP contribution in [0.3, 0.4) is 0 Å². The fourth-order valence-electron chi connectivity index (χ4n) is 4.68. The van der Waals surface area contributed by atoms with Gasteiger partial charge in [-0.1, -0.05) is 25.3 Å². The molecule has 3 heterocycles. The summed E-state index contributed by atoms with van der Waals surface area (Å²) >= 11 is 1.48. The molecule has 0 spiro atoms. The molecule has 0 radical (unpaired) electrons. The van der Waals surface area contributed by atoms with Crippen LogP contribution in [0, 0.1) is 0 Å². The summed E-state index contributed by atoms with van der Waals surface area (Å²) in [6, 6.07) is 3.77. The number of piperidine rings is 1. The van der Waals surface area contributed by atoms with Crippen molar-refractivity contribution in [2.24, 2.45) is 0 Å². The number of nitrogens with zero attached hydrogens (tertiary/aromatic N) is 3. The van der Waals surface area contributed by atoms with Crippen molar-refractivity contribution in [1.82, 2.24) is 14.7 Å². The molecule has 2 amide bonds. The molecule has 0 N–H and O–H groups in total. The van der Waals surface area contributed by atoms with Crippen molar-refractivity contribution >= 4 is 23.2 Å². The Hall–Kier alpha value is -1.44. The van der Waals surface area contributed by atoms with Crippen molar-refractivity contribution in [3.8, 4) is 0 Å². The maximum absolute atomic E-state index is 12.7. The third kappa shape index (κ3) is 5.58. The van der Waals surface area contributed by atoms with Crippen LogP contribution in [0.1, 0.15) is 54.6 Å². The molecular formula is C22H33N3O3S. The van der Waals surface area contributed by atoms with Gasteiger partial charge in [0.1, 0.15) is 0 Å². The van der Waals surface area contributed by atoms with Crippen LogP contribution in [-0.4, -0.2) is 84.5 Å². The molecular weight excluding hydrogens is 386 g/mol. The molecule has 1 aromatic rings. The molecule has 1 saturated carbocycles. The van der Waals surface area contributed by atoms with Gasteiger partial charge in [-0.05, 0) is 37.1 Å². The molecule has 0 atom stereocenters. The van der Waals surface area contributed by atoms with Crippen LogP contribution in [0.2, 0.25) is 0 Å². The lowest BCUT2D eigenvalue weighted by Gasteiger charge is -2.37. The normalized spacial score (nSPS) is 22.8. The van der Waals surface area contributed by atoms with Gasteiger partial charge in [-0.2, -0.15) is 0 Å². The Balaban J connectivity index is 1.15. The van der Waals surface area contributed by atoms with E-state index in [0.717, 1.165) is 30.8 Å². The zero-order valence-electron chi connectivity index (χ0n) is 17.3. The summed E-state index contributed by atoms with van der Waals surface area (Å²) in [5.74, 6) is 0.284. The Kier molecular flexibility index (Phi) is 7.21. The van der Waals surface area contributed by atoms with E-state index in [9.17, 15) is 9.59 Å². The fourth-order valence-corrected chi connectivity index (χ4v) is 5.37. The molecule has 3 aliphatic rings. The van der Waals surface area contributed by atoms with E-state index in [-0.39, 0.29) is 11.8 Å². The van der Waals surface area contributed by atoms with Crippen molar-refractivity contribution in [3.05, 3.63) is 22.4 Å². The lowest BCUT2D eigenvalue weighted by atomic mass is 9.97. The van der Waals surface area contributed by atoms with Crippen LogP contribution in [0.4, 0.5) is 0 Å². The summed E-state index contributed by atoms with van der Waals surface area (Å²) in [6.45, 7) is 4.91. The van der Waals surface area contributed by atoms with Gasteiger partial charge in [-0.3, -0.25) is 14.5 Å². The first kappa shape index (κ1) is 20.8. The smallest absolute Gasteiger partial charge is 0.264 e. The summed E-state index contributed by atoms with van der Waals surface area (Å²) in [4.78, 5) is 32.0. The van der Waals surface area contributed by atoms with Crippen molar-refractivity contribution in [3.63, 3.8) is 0 Å². The van der Waals surface area contributed by atoms with E-state index in [2.05, 4.69) is 4.90 Å². The van der Waals surface area contributed by atoms with Crippen LogP contribution in [-0.2, 0) is 9.53 Å². The standard InChI is InChI=1S/C22H33N3O3S/c26-21(24-12-14-25(15-13-24)22(27)20-7-4-16-29-20)17-23-10-8-19(9-11-23)28-18-5-2-1-3-6-18/h4,7,16,18-19H,1-3,5-6,8-15,17H2. The molecule has 4 rings (SSSR count). The highest BCUT2D eigenvalue weighted by molar-refractivity contribution is 7.12. The van der Waals surface area contributed by atoms with Crippen LogP contribution in [0.5, 0.6) is 0 Å². The highest BCUT2D eigenvalue weighted by Crippen LogP contribution is 2.24.